The molecule has 160 valence electrons. The number of anilines is 2. The summed E-state index contributed by atoms with van der Waals surface area (Å²) in [5.74, 6) is 0.414. The quantitative estimate of drug-likeness (QED) is 0.424. The highest BCUT2D eigenvalue weighted by Gasteiger charge is 2.36. The van der Waals surface area contributed by atoms with Crippen LogP contribution in [0.15, 0.2) is 30.5 Å². The predicted molar refractivity (Wildman–Crippen MR) is 107 cm³/mol. The van der Waals surface area contributed by atoms with Crippen molar-refractivity contribution in [1.29, 1.82) is 0 Å². The highest BCUT2D eigenvalue weighted by molar-refractivity contribution is 5.63. The SMILES string of the molecule is CCCCCCOc1ncc(C(F)(F)F)c(N(C)c2ccc(OCCC)cc2)n1. The lowest BCUT2D eigenvalue weighted by Gasteiger charge is -2.22. The fourth-order valence-electron chi connectivity index (χ4n) is 2.68. The van der Waals surface area contributed by atoms with E-state index in [1.807, 2.05) is 6.92 Å². The molecule has 1 aromatic carbocycles. The second-order valence-electron chi connectivity index (χ2n) is 6.70. The van der Waals surface area contributed by atoms with Gasteiger partial charge in [0.2, 0.25) is 0 Å². The van der Waals surface area contributed by atoms with Crippen LogP contribution in [0.5, 0.6) is 11.8 Å². The number of unbranched alkanes of at least 4 members (excludes halogenated alkanes) is 3. The molecule has 0 fully saturated rings. The maximum absolute atomic E-state index is 13.5. The van der Waals surface area contributed by atoms with E-state index in [2.05, 4.69) is 16.9 Å². The van der Waals surface area contributed by atoms with Crippen molar-refractivity contribution in [2.75, 3.05) is 25.2 Å². The van der Waals surface area contributed by atoms with Crippen LogP contribution in [0.3, 0.4) is 0 Å². The third kappa shape index (κ3) is 6.80. The molecule has 0 spiro atoms. The van der Waals surface area contributed by atoms with Gasteiger partial charge in [0.05, 0.1) is 13.2 Å². The van der Waals surface area contributed by atoms with E-state index < -0.39 is 11.7 Å². The maximum atomic E-state index is 13.5. The van der Waals surface area contributed by atoms with Gasteiger partial charge in [-0.25, -0.2) is 4.98 Å². The van der Waals surface area contributed by atoms with Gasteiger partial charge in [-0.1, -0.05) is 33.1 Å². The molecular weight excluding hydrogens is 383 g/mol. The van der Waals surface area contributed by atoms with Crippen LogP contribution >= 0.6 is 0 Å². The van der Waals surface area contributed by atoms with Gasteiger partial charge >= 0.3 is 12.2 Å². The van der Waals surface area contributed by atoms with Gasteiger partial charge < -0.3 is 14.4 Å². The number of alkyl halides is 3. The standard InChI is InChI=1S/C21H28F3N3O2/c1-4-6-7-8-14-29-20-25-15-18(21(22,23)24)19(26-20)27(3)16-9-11-17(12-10-16)28-13-5-2/h9-12,15H,4-8,13-14H2,1-3H3. The summed E-state index contributed by atoms with van der Waals surface area (Å²) in [6.45, 7) is 5.06. The molecule has 0 bridgehead atoms. The fraction of sp³-hybridized carbons (Fsp3) is 0.524. The molecule has 0 aliphatic heterocycles. The summed E-state index contributed by atoms with van der Waals surface area (Å²) in [6, 6.07) is 6.78. The first-order valence-electron chi connectivity index (χ1n) is 9.90. The number of benzene rings is 1. The largest absolute Gasteiger partial charge is 0.494 e. The molecule has 0 N–H and O–H groups in total. The molecule has 29 heavy (non-hydrogen) atoms. The minimum absolute atomic E-state index is 0.0563. The molecule has 5 nitrogen and oxygen atoms in total. The van der Waals surface area contributed by atoms with Gasteiger partial charge in [-0.2, -0.15) is 18.2 Å². The first kappa shape index (κ1) is 22.8. The summed E-state index contributed by atoms with van der Waals surface area (Å²) >= 11 is 0. The Balaban J connectivity index is 2.21. The maximum Gasteiger partial charge on any atom is 0.421 e. The van der Waals surface area contributed by atoms with Crippen molar-refractivity contribution in [1.82, 2.24) is 9.97 Å². The molecule has 0 saturated heterocycles. The van der Waals surface area contributed by atoms with Crippen LogP contribution in [0.2, 0.25) is 0 Å². The van der Waals surface area contributed by atoms with Crippen molar-refractivity contribution < 1.29 is 22.6 Å². The molecule has 8 heteroatoms. The van der Waals surface area contributed by atoms with Crippen LogP contribution in [-0.2, 0) is 6.18 Å². The van der Waals surface area contributed by atoms with Gasteiger partial charge in [0.15, 0.2) is 5.82 Å². The topological polar surface area (TPSA) is 47.5 Å². The predicted octanol–water partition coefficient (Wildman–Crippen LogP) is 6.01. The molecular formula is C21H28F3N3O2. The lowest BCUT2D eigenvalue weighted by Crippen LogP contribution is -2.19. The Bertz CT molecular complexity index is 752. The van der Waals surface area contributed by atoms with Gasteiger partial charge in [0.1, 0.15) is 11.3 Å². The molecule has 2 rings (SSSR count). The van der Waals surface area contributed by atoms with Crippen LogP contribution in [-0.4, -0.2) is 30.2 Å². The first-order valence-corrected chi connectivity index (χ1v) is 9.90. The van der Waals surface area contributed by atoms with Crippen LogP contribution in [0.4, 0.5) is 24.7 Å². The van der Waals surface area contributed by atoms with Crippen molar-refractivity contribution in [3.8, 4) is 11.8 Å². The van der Waals surface area contributed by atoms with E-state index in [1.165, 1.54) is 11.9 Å². The number of halogens is 3. The molecule has 2 aromatic rings. The van der Waals surface area contributed by atoms with Gasteiger partial charge in [-0.15, -0.1) is 0 Å². The molecule has 1 heterocycles. The Kier molecular flexibility index (Phi) is 8.54. The van der Waals surface area contributed by atoms with Crippen molar-refractivity contribution in [3.63, 3.8) is 0 Å². The van der Waals surface area contributed by atoms with Crippen molar-refractivity contribution in [2.45, 2.75) is 52.1 Å². The first-order chi connectivity index (χ1) is 13.9. The molecule has 0 saturated carbocycles. The van der Waals surface area contributed by atoms with Crippen LogP contribution in [0, 0.1) is 0 Å². The van der Waals surface area contributed by atoms with E-state index >= 15 is 0 Å². The Morgan fingerprint density at radius 2 is 1.66 bits per heavy atom. The highest BCUT2D eigenvalue weighted by atomic mass is 19.4. The second-order valence-corrected chi connectivity index (χ2v) is 6.70. The molecule has 0 aliphatic carbocycles. The van der Waals surface area contributed by atoms with E-state index in [9.17, 15) is 13.2 Å². The van der Waals surface area contributed by atoms with Crippen molar-refractivity contribution >= 4 is 11.5 Å². The monoisotopic (exact) mass is 411 g/mol. The Labute approximate surface area is 169 Å². The van der Waals surface area contributed by atoms with E-state index in [-0.39, 0.29) is 11.8 Å². The zero-order valence-corrected chi connectivity index (χ0v) is 17.1. The summed E-state index contributed by atoms with van der Waals surface area (Å²) in [7, 11) is 1.53. The average Bonchev–Trinajstić information content (AvgIpc) is 2.71. The normalized spacial score (nSPS) is 11.4. The fourth-order valence-corrected chi connectivity index (χ4v) is 2.68. The molecule has 0 atom stereocenters. The van der Waals surface area contributed by atoms with Crippen LogP contribution in [0.1, 0.15) is 51.5 Å². The third-order valence-electron chi connectivity index (χ3n) is 4.30. The van der Waals surface area contributed by atoms with Gasteiger partial charge in [0.25, 0.3) is 0 Å². The molecule has 0 radical (unpaired) electrons. The second kappa shape index (κ2) is 10.9. The number of ether oxygens (including phenoxy) is 2. The summed E-state index contributed by atoms with van der Waals surface area (Å²) in [6.07, 6.45) is 1.06. The van der Waals surface area contributed by atoms with Gasteiger partial charge in [-0.05, 0) is 37.1 Å². The van der Waals surface area contributed by atoms with E-state index in [1.54, 1.807) is 24.3 Å². The Morgan fingerprint density at radius 1 is 0.931 bits per heavy atom. The van der Waals surface area contributed by atoms with E-state index in [4.69, 9.17) is 9.47 Å². The third-order valence-corrected chi connectivity index (χ3v) is 4.30. The highest BCUT2D eigenvalue weighted by Crippen LogP contribution is 2.38. The zero-order chi connectivity index (χ0) is 21.3. The van der Waals surface area contributed by atoms with Crippen LogP contribution < -0.4 is 14.4 Å². The number of hydrogen-bond donors (Lipinski definition) is 0. The van der Waals surface area contributed by atoms with Crippen molar-refractivity contribution in [2.24, 2.45) is 0 Å². The van der Waals surface area contributed by atoms with E-state index in [0.717, 1.165) is 38.3 Å². The zero-order valence-electron chi connectivity index (χ0n) is 17.1. The van der Waals surface area contributed by atoms with Gasteiger partial charge in [-0.3, -0.25) is 0 Å². The minimum atomic E-state index is -4.58. The summed E-state index contributed by atoms with van der Waals surface area (Å²) in [4.78, 5) is 9.17. The summed E-state index contributed by atoms with van der Waals surface area (Å²) in [5, 5.41) is 0. The summed E-state index contributed by atoms with van der Waals surface area (Å²) in [5.41, 5.74) is -0.364. The lowest BCUT2D eigenvalue weighted by molar-refractivity contribution is -0.137. The minimum Gasteiger partial charge on any atom is -0.494 e. The molecule has 0 aliphatic rings. The van der Waals surface area contributed by atoms with Gasteiger partial charge in [0, 0.05) is 18.9 Å². The number of hydrogen-bond acceptors (Lipinski definition) is 5. The summed E-state index contributed by atoms with van der Waals surface area (Å²) < 4.78 is 51.4. The molecule has 1 aromatic heterocycles. The molecule has 0 unspecified atom stereocenters. The van der Waals surface area contributed by atoms with E-state index in [0.29, 0.717) is 24.7 Å². The number of rotatable bonds is 11. The van der Waals surface area contributed by atoms with Crippen molar-refractivity contribution in [3.05, 3.63) is 36.0 Å². The molecule has 0 amide bonds. The average molecular weight is 411 g/mol. The lowest BCUT2D eigenvalue weighted by atomic mass is 10.2. The number of nitrogens with zero attached hydrogens (tertiary/aromatic N) is 3. The van der Waals surface area contributed by atoms with Crippen LogP contribution in [0.25, 0.3) is 0 Å². The smallest absolute Gasteiger partial charge is 0.421 e. The Hall–Kier alpha value is -2.51. The Morgan fingerprint density at radius 3 is 2.28 bits per heavy atom. The number of aromatic nitrogens is 2.